The lowest BCUT2D eigenvalue weighted by molar-refractivity contribution is 0.0785. The van der Waals surface area contributed by atoms with Crippen molar-refractivity contribution < 1.29 is 4.79 Å². The van der Waals surface area contributed by atoms with E-state index in [1.54, 1.807) is 11.9 Å². The molecule has 0 fully saturated rings. The highest BCUT2D eigenvalue weighted by molar-refractivity contribution is 6.33. The van der Waals surface area contributed by atoms with Gasteiger partial charge in [-0.05, 0) is 11.6 Å². The average Bonchev–Trinajstić information content (AvgIpc) is 2.42. The predicted molar refractivity (Wildman–Crippen MR) is 75.9 cm³/mol. The molecule has 98 valence electrons. The highest BCUT2D eigenvalue weighted by atomic mass is 35.5. The fourth-order valence-electron chi connectivity index (χ4n) is 1.75. The van der Waals surface area contributed by atoms with Gasteiger partial charge in [0, 0.05) is 19.8 Å². The molecular weight excluding hydrogens is 262 g/mol. The standard InChI is InChI=1S/C14H14ClN3O/c1-18(9-10-5-3-2-4-6-10)14(19)11-7-13(16)17-8-12(11)15/h2-8H,9H2,1H3,(H2,16,17). The van der Waals surface area contributed by atoms with Crippen molar-refractivity contribution in [3.05, 3.63) is 58.7 Å². The summed E-state index contributed by atoms with van der Waals surface area (Å²) in [4.78, 5) is 17.7. The number of nitrogen functional groups attached to an aromatic ring is 1. The molecule has 1 amide bonds. The summed E-state index contributed by atoms with van der Waals surface area (Å²) in [6.07, 6.45) is 1.39. The zero-order valence-corrected chi connectivity index (χ0v) is 11.3. The van der Waals surface area contributed by atoms with Crippen LogP contribution in [0.25, 0.3) is 0 Å². The monoisotopic (exact) mass is 275 g/mol. The molecule has 1 heterocycles. The van der Waals surface area contributed by atoms with Crippen molar-refractivity contribution in [2.24, 2.45) is 0 Å². The van der Waals surface area contributed by atoms with E-state index in [2.05, 4.69) is 4.98 Å². The molecule has 0 saturated carbocycles. The van der Waals surface area contributed by atoms with Gasteiger partial charge in [-0.25, -0.2) is 4.98 Å². The van der Waals surface area contributed by atoms with E-state index in [9.17, 15) is 4.79 Å². The van der Waals surface area contributed by atoms with E-state index in [1.807, 2.05) is 30.3 Å². The van der Waals surface area contributed by atoms with Crippen LogP contribution >= 0.6 is 11.6 Å². The molecule has 0 saturated heterocycles. The van der Waals surface area contributed by atoms with Gasteiger partial charge in [0.1, 0.15) is 5.82 Å². The molecule has 0 aliphatic rings. The summed E-state index contributed by atoms with van der Waals surface area (Å²) in [6, 6.07) is 11.2. The minimum Gasteiger partial charge on any atom is -0.384 e. The Balaban J connectivity index is 2.17. The highest BCUT2D eigenvalue weighted by Crippen LogP contribution is 2.19. The van der Waals surface area contributed by atoms with Crippen LogP contribution in [0.3, 0.4) is 0 Å². The Bertz CT molecular complexity index is 586. The molecule has 0 atom stereocenters. The minimum absolute atomic E-state index is 0.178. The Morgan fingerprint density at radius 1 is 1.37 bits per heavy atom. The van der Waals surface area contributed by atoms with Crippen molar-refractivity contribution in [1.82, 2.24) is 9.88 Å². The molecular formula is C14H14ClN3O. The molecule has 5 heteroatoms. The number of amides is 1. The number of nitrogens with zero attached hydrogens (tertiary/aromatic N) is 2. The van der Waals surface area contributed by atoms with E-state index in [1.165, 1.54) is 12.3 Å². The second-order valence-electron chi connectivity index (χ2n) is 4.24. The molecule has 0 bridgehead atoms. The van der Waals surface area contributed by atoms with Gasteiger partial charge in [0.15, 0.2) is 0 Å². The second kappa shape index (κ2) is 5.71. The Morgan fingerprint density at radius 2 is 2.05 bits per heavy atom. The topological polar surface area (TPSA) is 59.2 Å². The first-order chi connectivity index (χ1) is 9.08. The van der Waals surface area contributed by atoms with Gasteiger partial charge < -0.3 is 10.6 Å². The molecule has 19 heavy (non-hydrogen) atoms. The summed E-state index contributed by atoms with van der Waals surface area (Å²) < 4.78 is 0. The Labute approximate surface area is 116 Å². The number of benzene rings is 1. The lowest BCUT2D eigenvalue weighted by atomic mass is 10.2. The molecule has 0 unspecified atom stereocenters. The number of nitrogens with two attached hydrogens (primary N) is 1. The van der Waals surface area contributed by atoms with Gasteiger partial charge in [-0.2, -0.15) is 0 Å². The first-order valence-corrected chi connectivity index (χ1v) is 6.16. The van der Waals surface area contributed by atoms with Crippen molar-refractivity contribution in [2.75, 3.05) is 12.8 Å². The minimum atomic E-state index is -0.178. The van der Waals surface area contributed by atoms with Crippen LogP contribution in [0.1, 0.15) is 15.9 Å². The normalized spacial score (nSPS) is 10.2. The van der Waals surface area contributed by atoms with Gasteiger partial charge in [-0.1, -0.05) is 41.9 Å². The van der Waals surface area contributed by atoms with Gasteiger partial charge in [0.2, 0.25) is 0 Å². The number of carbonyl (C=O) groups is 1. The van der Waals surface area contributed by atoms with Gasteiger partial charge in [0.25, 0.3) is 5.91 Å². The Morgan fingerprint density at radius 3 is 2.74 bits per heavy atom. The number of aromatic nitrogens is 1. The van der Waals surface area contributed by atoms with Crippen molar-refractivity contribution in [3.63, 3.8) is 0 Å². The summed E-state index contributed by atoms with van der Waals surface area (Å²) in [5.41, 5.74) is 7.00. The molecule has 2 N–H and O–H groups in total. The molecule has 1 aromatic heterocycles. The number of hydrogen-bond acceptors (Lipinski definition) is 3. The number of carbonyl (C=O) groups excluding carboxylic acids is 1. The molecule has 0 radical (unpaired) electrons. The summed E-state index contributed by atoms with van der Waals surface area (Å²) in [7, 11) is 1.72. The lowest BCUT2D eigenvalue weighted by Crippen LogP contribution is -2.26. The van der Waals surface area contributed by atoms with E-state index in [0.717, 1.165) is 5.56 Å². The summed E-state index contributed by atoms with van der Waals surface area (Å²) in [5, 5.41) is 0.305. The first-order valence-electron chi connectivity index (χ1n) is 5.78. The maximum absolute atomic E-state index is 12.3. The van der Waals surface area contributed by atoms with Gasteiger partial charge in [-0.3, -0.25) is 4.79 Å². The fraction of sp³-hybridized carbons (Fsp3) is 0.143. The third kappa shape index (κ3) is 3.23. The first kappa shape index (κ1) is 13.4. The molecule has 1 aromatic carbocycles. The maximum Gasteiger partial charge on any atom is 0.255 e. The van der Waals surface area contributed by atoms with Gasteiger partial charge >= 0.3 is 0 Å². The van der Waals surface area contributed by atoms with E-state index in [-0.39, 0.29) is 11.7 Å². The third-order valence-electron chi connectivity index (χ3n) is 2.72. The van der Waals surface area contributed by atoms with Gasteiger partial charge in [-0.15, -0.1) is 0 Å². The highest BCUT2D eigenvalue weighted by Gasteiger charge is 2.16. The molecule has 0 aliphatic carbocycles. The maximum atomic E-state index is 12.3. The van der Waals surface area contributed by atoms with Crippen LogP contribution in [-0.4, -0.2) is 22.8 Å². The van der Waals surface area contributed by atoms with Crippen LogP contribution in [0.4, 0.5) is 5.82 Å². The zero-order valence-electron chi connectivity index (χ0n) is 10.5. The fourth-order valence-corrected chi connectivity index (χ4v) is 1.94. The average molecular weight is 276 g/mol. The number of halogens is 1. The zero-order chi connectivity index (χ0) is 13.8. The van der Waals surface area contributed by atoms with Crippen LogP contribution in [0.2, 0.25) is 5.02 Å². The van der Waals surface area contributed by atoms with Crippen LogP contribution in [0.15, 0.2) is 42.6 Å². The smallest absolute Gasteiger partial charge is 0.255 e. The number of hydrogen-bond donors (Lipinski definition) is 1. The van der Waals surface area contributed by atoms with Crippen molar-refractivity contribution in [1.29, 1.82) is 0 Å². The van der Waals surface area contributed by atoms with Crippen LogP contribution in [0.5, 0.6) is 0 Å². The van der Waals surface area contributed by atoms with E-state index >= 15 is 0 Å². The number of pyridine rings is 1. The van der Waals surface area contributed by atoms with Gasteiger partial charge in [0.05, 0.1) is 10.6 Å². The molecule has 0 spiro atoms. The Hall–Kier alpha value is -2.07. The van der Waals surface area contributed by atoms with Crippen molar-refractivity contribution in [2.45, 2.75) is 6.54 Å². The summed E-state index contributed by atoms with van der Waals surface area (Å²) >= 11 is 5.97. The number of anilines is 1. The predicted octanol–water partition coefficient (Wildman–Crippen LogP) is 2.59. The largest absolute Gasteiger partial charge is 0.384 e. The quantitative estimate of drug-likeness (QED) is 0.937. The van der Waals surface area contributed by atoms with Crippen LogP contribution < -0.4 is 5.73 Å². The molecule has 2 rings (SSSR count). The van der Waals surface area contributed by atoms with Crippen LogP contribution in [-0.2, 0) is 6.54 Å². The molecule has 2 aromatic rings. The summed E-state index contributed by atoms with van der Waals surface area (Å²) in [6.45, 7) is 0.512. The van der Waals surface area contributed by atoms with E-state index in [4.69, 9.17) is 17.3 Å². The SMILES string of the molecule is CN(Cc1ccccc1)C(=O)c1cc(N)ncc1Cl. The molecule has 0 aliphatic heterocycles. The van der Waals surface area contributed by atoms with Crippen molar-refractivity contribution in [3.8, 4) is 0 Å². The third-order valence-corrected chi connectivity index (χ3v) is 3.02. The van der Waals surface area contributed by atoms with E-state index < -0.39 is 0 Å². The van der Waals surface area contributed by atoms with Crippen molar-refractivity contribution >= 4 is 23.3 Å². The van der Waals surface area contributed by atoms with E-state index in [0.29, 0.717) is 17.1 Å². The Kier molecular flexibility index (Phi) is 4.02. The summed E-state index contributed by atoms with van der Waals surface area (Å²) in [5.74, 6) is 0.101. The van der Waals surface area contributed by atoms with Crippen LogP contribution in [0, 0.1) is 0 Å². The number of rotatable bonds is 3. The second-order valence-corrected chi connectivity index (χ2v) is 4.64. The lowest BCUT2D eigenvalue weighted by Gasteiger charge is -2.18. The molecule has 4 nitrogen and oxygen atoms in total.